The predicted octanol–water partition coefficient (Wildman–Crippen LogP) is -0.384. The third kappa shape index (κ3) is 15.2. The monoisotopic (exact) mass is 677 g/mol. The van der Waals surface area contributed by atoms with Crippen LogP contribution in [-0.2, 0) is 35.2 Å². The van der Waals surface area contributed by atoms with Gasteiger partial charge in [-0.2, -0.15) is 0 Å². The standard InChI is InChI=1S/C31H48ClN9O6/c1-18(42)38-22(8-5-15-37-31(35)36)28(45)39-23(13-14-26(33)43)29(46)41-25(17-20-9-11-21(32)12-10-20)30(47)40-24(27(34)44)16-19-6-3-2-4-7-19/h9-12,19,22-25H,2-8,13-17H2,1H3,(H2,33,43)(H2,34,44)(H,38,42)(H,39,45)(H,40,47)(H,41,46)(H4,35,36,37)/t22-,23-,24-,25+/m0/s1. The lowest BCUT2D eigenvalue weighted by atomic mass is 9.84. The molecule has 15 nitrogen and oxygen atoms in total. The molecule has 12 N–H and O–H groups in total. The maximum Gasteiger partial charge on any atom is 0.243 e. The highest BCUT2D eigenvalue weighted by molar-refractivity contribution is 6.30. The van der Waals surface area contributed by atoms with Crippen LogP contribution in [0.5, 0.6) is 0 Å². The van der Waals surface area contributed by atoms with Crippen LogP contribution >= 0.6 is 11.6 Å². The van der Waals surface area contributed by atoms with Gasteiger partial charge in [0.15, 0.2) is 5.96 Å². The van der Waals surface area contributed by atoms with Crippen molar-refractivity contribution >= 4 is 53.0 Å². The van der Waals surface area contributed by atoms with Crippen molar-refractivity contribution in [3.8, 4) is 0 Å². The first-order chi connectivity index (χ1) is 22.2. The zero-order valence-corrected chi connectivity index (χ0v) is 27.5. The van der Waals surface area contributed by atoms with E-state index < -0.39 is 59.6 Å². The fourth-order valence-electron chi connectivity index (χ4n) is 5.46. The van der Waals surface area contributed by atoms with E-state index in [0.29, 0.717) is 23.4 Å². The van der Waals surface area contributed by atoms with E-state index in [1.165, 1.54) is 6.92 Å². The van der Waals surface area contributed by atoms with Gasteiger partial charge in [0, 0.05) is 31.3 Å². The van der Waals surface area contributed by atoms with Gasteiger partial charge in [-0.3, -0.25) is 33.8 Å². The Morgan fingerprint density at radius 2 is 1.34 bits per heavy atom. The molecule has 16 heteroatoms. The molecule has 0 bridgehead atoms. The Morgan fingerprint density at radius 1 is 0.787 bits per heavy atom. The lowest BCUT2D eigenvalue weighted by Gasteiger charge is -2.28. The van der Waals surface area contributed by atoms with Gasteiger partial charge < -0.3 is 44.2 Å². The average molecular weight is 678 g/mol. The Balaban J connectivity index is 2.28. The maximum atomic E-state index is 13.7. The van der Waals surface area contributed by atoms with Crippen LogP contribution in [0.2, 0.25) is 5.02 Å². The summed E-state index contributed by atoms with van der Waals surface area (Å²) in [5.41, 5.74) is 22.3. The third-order valence-electron chi connectivity index (χ3n) is 7.89. The molecule has 1 aromatic rings. The molecule has 47 heavy (non-hydrogen) atoms. The Labute approximate surface area is 279 Å². The number of hydrogen-bond acceptors (Lipinski definition) is 7. The molecule has 0 saturated heterocycles. The number of rotatable bonds is 19. The second-order valence-corrected chi connectivity index (χ2v) is 12.3. The lowest BCUT2D eigenvalue weighted by molar-refractivity contribution is -0.134. The van der Waals surface area contributed by atoms with Crippen LogP contribution < -0.4 is 44.2 Å². The Bertz CT molecular complexity index is 1270. The second-order valence-electron chi connectivity index (χ2n) is 11.9. The molecule has 1 aliphatic carbocycles. The smallest absolute Gasteiger partial charge is 0.243 e. The number of nitrogens with one attached hydrogen (secondary N) is 4. The number of benzene rings is 1. The summed E-state index contributed by atoms with van der Waals surface area (Å²) < 4.78 is 0. The number of aliphatic imine (C=N–C) groups is 1. The van der Waals surface area contributed by atoms with Gasteiger partial charge in [0.05, 0.1) is 0 Å². The van der Waals surface area contributed by atoms with Gasteiger partial charge in [-0.15, -0.1) is 0 Å². The molecule has 0 aliphatic heterocycles. The van der Waals surface area contributed by atoms with Crippen molar-refractivity contribution < 1.29 is 28.8 Å². The first-order valence-electron chi connectivity index (χ1n) is 15.8. The number of halogens is 1. The summed E-state index contributed by atoms with van der Waals surface area (Å²) in [7, 11) is 0. The topological polar surface area (TPSA) is 267 Å². The number of amides is 6. The summed E-state index contributed by atoms with van der Waals surface area (Å²) >= 11 is 6.03. The molecule has 2 rings (SSSR count). The molecule has 0 heterocycles. The van der Waals surface area contributed by atoms with Crippen molar-refractivity contribution in [3.05, 3.63) is 34.9 Å². The van der Waals surface area contributed by atoms with Crippen molar-refractivity contribution in [3.63, 3.8) is 0 Å². The van der Waals surface area contributed by atoms with Gasteiger partial charge in [0.1, 0.15) is 24.2 Å². The van der Waals surface area contributed by atoms with Crippen LogP contribution in [0.25, 0.3) is 0 Å². The van der Waals surface area contributed by atoms with Crippen molar-refractivity contribution in [1.29, 1.82) is 0 Å². The molecule has 0 unspecified atom stereocenters. The molecule has 0 aromatic heterocycles. The van der Waals surface area contributed by atoms with E-state index in [1.54, 1.807) is 24.3 Å². The first-order valence-corrected chi connectivity index (χ1v) is 16.2. The van der Waals surface area contributed by atoms with E-state index in [1.807, 2.05) is 0 Å². The Hall–Kier alpha value is -4.40. The largest absolute Gasteiger partial charge is 0.370 e. The van der Waals surface area contributed by atoms with Crippen LogP contribution in [0.1, 0.15) is 76.7 Å². The molecule has 1 saturated carbocycles. The van der Waals surface area contributed by atoms with E-state index in [2.05, 4.69) is 26.3 Å². The molecule has 1 fully saturated rings. The molecular formula is C31H48ClN9O6. The summed E-state index contributed by atoms with van der Waals surface area (Å²) in [6.07, 6.45) is 5.49. The van der Waals surface area contributed by atoms with Gasteiger partial charge in [-0.1, -0.05) is 55.8 Å². The van der Waals surface area contributed by atoms with Crippen LogP contribution in [0.15, 0.2) is 29.3 Å². The van der Waals surface area contributed by atoms with Gasteiger partial charge in [-0.05, 0) is 49.3 Å². The number of carbonyl (C=O) groups is 6. The Kier molecular flexibility index (Phi) is 16.5. The minimum absolute atomic E-state index is 0.0133. The van der Waals surface area contributed by atoms with E-state index >= 15 is 0 Å². The van der Waals surface area contributed by atoms with Crippen LogP contribution in [0.3, 0.4) is 0 Å². The van der Waals surface area contributed by atoms with Crippen LogP contribution in [0, 0.1) is 5.92 Å². The summed E-state index contributed by atoms with van der Waals surface area (Å²) in [6.45, 7) is 1.44. The van der Waals surface area contributed by atoms with Gasteiger partial charge in [0.25, 0.3) is 0 Å². The number of carbonyl (C=O) groups excluding carboxylic acids is 6. The minimum atomic E-state index is -1.31. The summed E-state index contributed by atoms with van der Waals surface area (Å²) in [6, 6.07) is 2.15. The van der Waals surface area contributed by atoms with E-state index in [-0.39, 0.29) is 44.1 Å². The van der Waals surface area contributed by atoms with Crippen molar-refractivity contribution in [2.75, 3.05) is 6.54 Å². The van der Waals surface area contributed by atoms with Gasteiger partial charge in [-0.25, -0.2) is 0 Å². The zero-order chi connectivity index (χ0) is 34.9. The van der Waals surface area contributed by atoms with Crippen molar-refractivity contribution in [2.24, 2.45) is 33.8 Å². The highest BCUT2D eigenvalue weighted by Crippen LogP contribution is 2.27. The molecule has 1 aliphatic rings. The average Bonchev–Trinajstić information content (AvgIpc) is 3.00. The van der Waals surface area contributed by atoms with Crippen LogP contribution in [0.4, 0.5) is 0 Å². The second kappa shape index (κ2) is 20.0. The number of primary amides is 2. The minimum Gasteiger partial charge on any atom is -0.370 e. The number of guanidine groups is 1. The normalized spacial score (nSPS) is 15.6. The van der Waals surface area contributed by atoms with Gasteiger partial charge in [0.2, 0.25) is 35.4 Å². The van der Waals surface area contributed by atoms with Crippen molar-refractivity contribution in [2.45, 2.75) is 102 Å². The summed E-state index contributed by atoms with van der Waals surface area (Å²) in [5, 5.41) is 11.0. The summed E-state index contributed by atoms with van der Waals surface area (Å²) in [5.74, 6) is -3.90. The lowest BCUT2D eigenvalue weighted by Crippen LogP contribution is -2.58. The molecule has 6 amide bonds. The molecule has 1 aromatic carbocycles. The number of nitrogens with two attached hydrogens (primary N) is 4. The van der Waals surface area contributed by atoms with E-state index in [0.717, 1.165) is 32.1 Å². The number of nitrogens with zero attached hydrogens (tertiary/aromatic N) is 1. The number of hydrogen-bond donors (Lipinski definition) is 8. The van der Waals surface area contributed by atoms with E-state index in [9.17, 15) is 28.8 Å². The highest BCUT2D eigenvalue weighted by Gasteiger charge is 2.32. The molecule has 260 valence electrons. The first kappa shape index (κ1) is 38.8. The van der Waals surface area contributed by atoms with Crippen molar-refractivity contribution in [1.82, 2.24) is 21.3 Å². The Morgan fingerprint density at radius 3 is 1.89 bits per heavy atom. The van der Waals surface area contributed by atoms with Crippen LogP contribution in [-0.4, -0.2) is 72.1 Å². The SMILES string of the molecule is CC(=O)N[C@@H](CCCN=C(N)N)C(=O)N[C@@H](CCC(N)=O)C(=O)N[C@H](Cc1ccc(Cl)cc1)C(=O)N[C@@H](CC1CCCCC1)C(N)=O. The zero-order valence-electron chi connectivity index (χ0n) is 26.8. The molecule has 4 atom stereocenters. The molecule has 0 spiro atoms. The fourth-order valence-corrected chi connectivity index (χ4v) is 5.58. The molecule has 0 radical (unpaired) electrons. The maximum absolute atomic E-state index is 13.7. The molecular weight excluding hydrogens is 630 g/mol. The predicted molar refractivity (Wildman–Crippen MR) is 177 cm³/mol. The quantitative estimate of drug-likeness (QED) is 0.0542. The highest BCUT2D eigenvalue weighted by atomic mass is 35.5. The fraction of sp³-hybridized carbons (Fsp3) is 0.581. The summed E-state index contributed by atoms with van der Waals surface area (Å²) in [4.78, 5) is 80.3. The van der Waals surface area contributed by atoms with Gasteiger partial charge >= 0.3 is 0 Å². The van der Waals surface area contributed by atoms with E-state index in [4.69, 9.17) is 34.5 Å². The third-order valence-corrected chi connectivity index (χ3v) is 8.14.